The summed E-state index contributed by atoms with van der Waals surface area (Å²) in [6.07, 6.45) is 3.85. The molecular formula is C3H6N3NaO3S. The van der Waals surface area contributed by atoms with E-state index in [0.717, 1.165) is 4.73 Å². The fourth-order valence-electron chi connectivity index (χ4n) is 0.411. The molecule has 0 fully saturated rings. The average Bonchev–Trinajstić information content (AvgIpc) is 2.12. The molecule has 58 valence electrons. The van der Waals surface area contributed by atoms with Crippen molar-refractivity contribution in [2.45, 2.75) is 0 Å². The molecule has 0 saturated heterocycles. The molecule has 1 aromatic heterocycles. The second-order valence-electron chi connectivity index (χ2n) is 1.49. The number of aromatic nitrogens is 2. The summed E-state index contributed by atoms with van der Waals surface area (Å²) >= 11 is 0. The Bertz CT molecular complexity index is 294. The number of hydrogen-bond acceptors (Lipinski definition) is 4. The maximum atomic E-state index is 10.2. The molecule has 0 radical (unpaired) electrons. The molecule has 2 N–H and O–H groups in total. The van der Waals surface area contributed by atoms with Gasteiger partial charge in [0.05, 0.1) is 6.20 Å². The Morgan fingerprint density at radius 3 is 2.55 bits per heavy atom. The molecule has 0 aliphatic carbocycles. The average molecular weight is 187 g/mol. The summed E-state index contributed by atoms with van der Waals surface area (Å²) in [5, 5.41) is 4.53. The zero-order valence-corrected chi connectivity index (χ0v) is 5.65. The third kappa shape index (κ3) is 4.38. The minimum absolute atomic E-state index is 0. The molecule has 11 heavy (non-hydrogen) atoms. The molecule has 1 aromatic rings. The zero-order valence-electron chi connectivity index (χ0n) is 4.84. The molecule has 1 rings (SSSR count). The molecule has 0 unspecified atom stereocenters. The van der Waals surface area contributed by atoms with E-state index in [2.05, 4.69) is 14.4 Å². The van der Waals surface area contributed by atoms with Gasteiger partial charge < -0.3 is 0 Å². The molecular weight excluding hydrogens is 181 g/mol. The van der Waals surface area contributed by atoms with Gasteiger partial charge in [-0.1, -0.05) is 0 Å². The maximum absolute atomic E-state index is 10.2. The van der Waals surface area contributed by atoms with Gasteiger partial charge in [-0.05, 0) is 0 Å². The standard InChI is InChI=1S/C3H5N3O3S.Na.H/c4-10(7,8)9-6-2-1-5-3-6;;/h1-3H,(H2,4,7,8);;. The molecule has 1 heterocycles. The molecule has 0 aliphatic rings. The van der Waals surface area contributed by atoms with E-state index in [4.69, 9.17) is 0 Å². The first-order valence-corrected chi connectivity index (χ1v) is 3.76. The van der Waals surface area contributed by atoms with Gasteiger partial charge in [0.2, 0.25) is 0 Å². The van der Waals surface area contributed by atoms with Crippen LogP contribution in [0.4, 0.5) is 0 Å². The van der Waals surface area contributed by atoms with E-state index >= 15 is 0 Å². The van der Waals surface area contributed by atoms with Gasteiger partial charge in [0.15, 0.2) is 0 Å². The number of imidazole rings is 1. The molecule has 0 atom stereocenters. The van der Waals surface area contributed by atoms with Crippen LogP contribution < -0.4 is 9.42 Å². The molecule has 0 aliphatic heterocycles. The third-order valence-electron chi connectivity index (χ3n) is 0.670. The molecule has 0 amide bonds. The topological polar surface area (TPSA) is 87.2 Å². The molecule has 6 nitrogen and oxygen atoms in total. The molecule has 0 bridgehead atoms. The first kappa shape index (κ1) is 10.9. The first-order valence-electron chi connectivity index (χ1n) is 2.28. The van der Waals surface area contributed by atoms with Crippen molar-refractivity contribution < 1.29 is 12.7 Å². The predicted molar refractivity (Wildman–Crippen MR) is 39.1 cm³/mol. The first-order chi connectivity index (χ1) is 4.58. The monoisotopic (exact) mass is 187 g/mol. The van der Waals surface area contributed by atoms with Gasteiger partial charge in [0.1, 0.15) is 6.33 Å². The van der Waals surface area contributed by atoms with Crippen LogP contribution in [-0.2, 0) is 10.3 Å². The fraction of sp³-hybridized carbons (Fsp3) is 0. The summed E-state index contributed by atoms with van der Waals surface area (Å²) in [5.74, 6) is 0. The van der Waals surface area contributed by atoms with E-state index in [1.807, 2.05) is 0 Å². The van der Waals surface area contributed by atoms with E-state index < -0.39 is 10.3 Å². The van der Waals surface area contributed by atoms with E-state index in [-0.39, 0.29) is 29.6 Å². The van der Waals surface area contributed by atoms with Crippen molar-refractivity contribution in [3.8, 4) is 0 Å². The summed E-state index contributed by atoms with van der Waals surface area (Å²) in [6.45, 7) is 0. The summed E-state index contributed by atoms with van der Waals surface area (Å²) in [6, 6.07) is 0. The van der Waals surface area contributed by atoms with E-state index in [1.165, 1.54) is 18.7 Å². The van der Waals surface area contributed by atoms with Gasteiger partial charge in [-0.2, -0.15) is 18.3 Å². The predicted octanol–water partition coefficient (Wildman–Crippen LogP) is -2.13. The van der Waals surface area contributed by atoms with Crippen molar-refractivity contribution in [3.63, 3.8) is 0 Å². The van der Waals surface area contributed by atoms with Gasteiger partial charge in [-0.25, -0.2) is 4.98 Å². The third-order valence-corrected chi connectivity index (χ3v) is 1.05. The normalized spacial score (nSPS) is 10.3. The summed E-state index contributed by atoms with van der Waals surface area (Å²) in [7, 11) is -3.92. The Labute approximate surface area is 85.9 Å². The van der Waals surface area contributed by atoms with Crippen molar-refractivity contribution >= 4 is 39.9 Å². The number of rotatable bonds is 2. The quantitative estimate of drug-likeness (QED) is 0.535. The van der Waals surface area contributed by atoms with E-state index in [0.29, 0.717) is 0 Å². The van der Waals surface area contributed by atoms with Gasteiger partial charge in [0, 0.05) is 6.20 Å². The summed E-state index contributed by atoms with van der Waals surface area (Å²) in [5.41, 5.74) is 0. The van der Waals surface area contributed by atoms with Gasteiger partial charge >= 0.3 is 39.9 Å². The Morgan fingerprint density at radius 2 is 2.18 bits per heavy atom. The molecule has 0 saturated carbocycles. The Kier molecular flexibility index (Phi) is 4.04. The Balaban J connectivity index is 0.000001000. The fourth-order valence-corrected chi connectivity index (χ4v) is 0.739. The van der Waals surface area contributed by atoms with Crippen LogP contribution in [-0.4, -0.2) is 47.7 Å². The van der Waals surface area contributed by atoms with Crippen LogP contribution in [0.25, 0.3) is 0 Å². The van der Waals surface area contributed by atoms with Crippen LogP contribution in [0, 0.1) is 0 Å². The van der Waals surface area contributed by atoms with Crippen LogP contribution in [0.3, 0.4) is 0 Å². The molecule has 0 aromatic carbocycles. The van der Waals surface area contributed by atoms with Crippen molar-refractivity contribution in [1.29, 1.82) is 0 Å². The van der Waals surface area contributed by atoms with Gasteiger partial charge in [-0.15, -0.1) is 0 Å². The van der Waals surface area contributed by atoms with Crippen molar-refractivity contribution in [2.75, 3.05) is 0 Å². The van der Waals surface area contributed by atoms with Crippen molar-refractivity contribution in [1.82, 2.24) is 9.71 Å². The molecule has 0 spiro atoms. The summed E-state index contributed by atoms with van der Waals surface area (Å²) in [4.78, 5) is 3.52. The van der Waals surface area contributed by atoms with Crippen LogP contribution >= 0.6 is 0 Å². The Hall–Kier alpha value is -0.0800. The second-order valence-corrected chi connectivity index (χ2v) is 2.62. The summed E-state index contributed by atoms with van der Waals surface area (Å²) < 4.78 is 25.4. The molecule has 8 heteroatoms. The van der Waals surface area contributed by atoms with E-state index in [9.17, 15) is 8.42 Å². The van der Waals surface area contributed by atoms with Crippen molar-refractivity contribution in [2.24, 2.45) is 5.14 Å². The second kappa shape index (κ2) is 4.07. The van der Waals surface area contributed by atoms with E-state index in [1.54, 1.807) is 0 Å². The van der Waals surface area contributed by atoms with Gasteiger partial charge in [-0.3, -0.25) is 4.28 Å². The van der Waals surface area contributed by atoms with Crippen LogP contribution in [0.15, 0.2) is 18.7 Å². The zero-order chi connectivity index (χ0) is 7.61. The minimum atomic E-state index is -3.92. The number of hydrogen-bond donors (Lipinski definition) is 1. The van der Waals surface area contributed by atoms with Crippen LogP contribution in [0.5, 0.6) is 0 Å². The van der Waals surface area contributed by atoms with Crippen LogP contribution in [0.1, 0.15) is 0 Å². The number of nitrogens with zero attached hydrogens (tertiary/aromatic N) is 2. The SMILES string of the molecule is NS(=O)(=O)On1ccnc1.[NaH]. The van der Waals surface area contributed by atoms with Crippen LogP contribution in [0.2, 0.25) is 0 Å². The van der Waals surface area contributed by atoms with Crippen molar-refractivity contribution in [3.05, 3.63) is 18.7 Å². The number of nitrogens with two attached hydrogens (primary N) is 1. The Morgan fingerprint density at radius 1 is 1.55 bits per heavy atom. The van der Waals surface area contributed by atoms with Gasteiger partial charge in [0.25, 0.3) is 0 Å².